The standard InChI is InChI=1S/C25H30N4O3S/c1-3-11-26-23(31)19-8-12-28(13-9-19)21(30)10-14-29-16-27-24-22(25(29)32)20(15-33-24)18-6-4-17(2)5-7-18/h4-7,15-16,19H,3,8-14H2,1-2H3,(H,26,31). The Morgan fingerprint density at radius 3 is 2.61 bits per heavy atom. The topological polar surface area (TPSA) is 84.3 Å². The zero-order chi connectivity index (χ0) is 23.4. The predicted octanol–water partition coefficient (Wildman–Crippen LogP) is 3.59. The highest BCUT2D eigenvalue weighted by atomic mass is 32.1. The molecule has 33 heavy (non-hydrogen) atoms. The van der Waals surface area contributed by atoms with Gasteiger partial charge in [0.15, 0.2) is 0 Å². The second kappa shape index (κ2) is 10.3. The lowest BCUT2D eigenvalue weighted by Crippen LogP contribution is -2.43. The zero-order valence-electron chi connectivity index (χ0n) is 19.2. The number of piperidine rings is 1. The van der Waals surface area contributed by atoms with E-state index in [1.165, 1.54) is 22.2 Å². The van der Waals surface area contributed by atoms with Gasteiger partial charge in [-0.25, -0.2) is 4.98 Å². The number of nitrogens with one attached hydrogen (secondary N) is 1. The van der Waals surface area contributed by atoms with Crippen molar-refractivity contribution in [2.45, 2.75) is 46.1 Å². The highest BCUT2D eigenvalue weighted by Crippen LogP contribution is 2.30. The molecule has 8 heteroatoms. The van der Waals surface area contributed by atoms with Crippen LogP contribution in [0.2, 0.25) is 0 Å². The molecule has 3 heterocycles. The van der Waals surface area contributed by atoms with Gasteiger partial charge < -0.3 is 10.2 Å². The van der Waals surface area contributed by atoms with Crippen LogP contribution in [-0.4, -0.2) is 45.9 Å². The molecule has 0 bridgehead atoms. The Morgan fingerprint density at radius 2 is 1.91 bits per heavy atom. The molecule has 1 N–H and O–H groups in total. The van der Waals surface area contributed by atoms with Crippen LogP contribution in [0.1, 0.15) is 38.2 Å². The molecule has 0 atom stereocenters. The van der Waals surface area contributed by atoms with E-state index in [2.05, 4.69) is 10.3 Å². The molecule has 1 aromatic carbocycles. The van der Waals surface area contributed by atoms with E-state index in [4.69, 9.17) is 0 Å². The Labute approximate surface area is 197 Å². The molecule has 174 valence electrons. The first-order valence-corrected chi connectivity index (χ1v) is 12.4. The van der Waals surface area contributed by atoms with Gasteiger partial charge in [-0.15, -0.1) is 11.3 Å². The molecule has 1 fully saturated rings. The van der Waals surface area contributed by atoms with Crippen molar-refractivity contribution in [1.29, 1.82) is 0 Å². The number of aromatic nitrogens is 2. The molecular formula is C25H30N4O3S. The quantitative estimate of drug-likeness (QED) is 0.577. The van der Waals surface area contributed by atoms with Crippen LogP contribution in [0.5, 0.6) is 0 Å². The van der Waals surface area contributed by atoms with Crippen molar-refractivity contribution in [3.63, 3.8) is 0 Å². The third-order valence-corrected chi connectivity index (χ3v) is 7.14. The van der Waals surface area contributed by atoms with Crippen molar-refractivity contribution in [3.05, 3.63) is 51.9 Å². The lowest BCUT2D eigenvalue weighted by molar-refractivity contribution is -0.135. The summed E-state index contributed by atoms with van der Waals surface area (Å²) >= 11 is 1.46. The Bertz CT molecular complexity index is 1190. The fraction of sp³-hybridized carbons (Fsp3) is 0.440. The number of aryl methyl sites for hydroxylation is 2. The number of nitrogens with zero attached hydrogens (tertiary/aromatic N) is 3. The lowest BCUT2D eigenvalue weighted by Gasteiger charge is -2.31. The molecule has 0 saturated carbocycles. The first-order valence-electron chi connectivity index (χ1n) is 11.6. The molecule has 0 radical (unpaired) electrons. The summed E-state index contributed by atoms with van der Waals surface area (Å²) in [5.41, 5.74) is 2.93. The number of likely N-dealkylation sites (tertiary alicyclic amines) is 1. The van der Waals surface area contributed by atoms with Gasteiger partial charge in [-0.05, 0) is 31.7 Å². The van der Waals surface area contributed by atoms with Crippen LogP contribution in [-0.2, 0) is 16.1 Å². The first kappa shape index (κ1) is 23.2. The van der Waals surface area contributed by atoms with Crippen molar-refractivity contribution in [2.75, 3.05) is 19.6 Å². The van der Waals surface area contributed by atoms with E-state index in [0.717, 1.165) is 23.1 Å². The van der Waals surface area contributed by atoms with E-state index in [-0.39, 0.29) is 29.7 Å². The monoisotopic (exact) mass is 466 g/mol. The maximum absolute atomic E-state index is 13.2. The molecule has 3 aromatic rings. The Hall–Kier alpha value is -3.00. The molecule has 1 aliphatic heterocycles. The number of rotatable bonds is 7. The van der Waals surface area contributed by atoms with Gasteiger partial charge >= 0.3 is 0 Å². The van der Waals surface area contributed by atoms with Crippen LogP contribution in [0, 0.1) is 12.8 Å². The molecule has 1 aliphatic rings. The zero-order valence-corrected chi connectivity index (χ0v) is 20.0. The third kappa shape index (κ3) is 5.16. The van der Waals surface area contributed by atoms with Gasteiger partial charge in [-0.1, -0.05) is 36.8 Å². The van der Waals surface area contributed by atoms with Crippen LogP contribution in [0.25, 0.3) is 21.3 Å². The van der Waals surface area contributed by atoms with Gasteiger partial charge in [0, 0.05) is 49.5 Å². The van der Waals surface area contributed by atoms with E-state index in [9.17, 15) is 14.4 Å². The molecule has 0 spiro atoms. The van der Waals surface area contributed by atoms with Gasteiger partial charge in [-0.3, -0.25) is 19.0 Å². The summed E-state index contributed by atoms with van der Waals surface area (Å²) in [7, 11) is 0. The maximum atomic E-state index is 13.2. The smallest absolute Gasteiger partial charge is 0.262 e. The molecule has 1 saturated heterocycles. The summed E-state index contributed by atoms with van der Waals surface area (Å²) < 4.78 is 1.54. The largest absolute Gasteiger partial charge is 0.356 e. The van der Waals surface area contributed by atoms with Gasteiger partial charge in [-0.2, -0.15) is 0 Å². The number of fused-ring (bicyclic) bond motifs is 1. The summed E-state index contributed by atoms with van der Waals surface area (Å²) in [6.45, 7) is 6.21. The number of hydrogen-bond acceptors (Lipinski definition) is 5. The van der Waals surface area contributed by atoms with Crippen molar-refractivity contribution >= 4 is 33.4 Å². The Balaban J connectivity index is 1.40. The summed E-state index contributed by atoms with van der Waals surface area (Å²) in [4.78, 5) is 45.1. The second-order valence-electron chi connectivity index (χ2n) is 8.63. The summed E-state index contributed by atoms with van der Waals surface area (Å²) in [5.74, 6) is 0.0853. The SMILES string of the molecule is CCCNC(=O)C1CCN(C(=O)CCn2cnc3scc(-c4ccc(C)cc4)c3c2=O)CC1. The van der Waals surface area contributed by atoms with Crippen LogP contribution in [0.15, 0.2) is 40.8 Å². The second-order valence-corrected chi connectivity index (χ2v) is 9.49. The van der Waals surface area contributed by atoms with Crippen molar-refractivity contribution in [1.82, 2.24) is 19.8 Å². The fourth-order valence-corrected chi connectivity index (χ4v) is 5.14. The predicted molar refractivity (Wildman–Crippen MR) is 131 cm³/mol. The first-order chi connectivity index (χ1) is 16.0. The molecule has 2 amide bonds. The van der Waals surface area contributed by atoms with Crippen molar-refractivity contribution in [3.8, 4) is 11.1 Å². The van der Waals surface area contributed by atoms with Crippen LogP contribution in [0.4, 0.5) is 0 Å². The summed E-state index contributed by atoms with van der Waals surface area (Å²) in [5, 5.41) is 5.53. The van der Waals surface area contributed by atoms with Gasteiger partial charge in [0.05, 0.1) is 11.7 Å². The highest BCUT2D eigenvalue weighted by Gasteiger charge is 2.27. The van der Waals surface area contributed by atoms with E-state index in [1.807, 2.05) is 48.4 Å². The van der Waals surface area contributed by atoms with Gasteiger partial charge in [0.25, 0.3) is 5.56 Å². The minimum absolute atomic E-state index is 0.0125. The highest BCUT2D eigenvalue weighted by molar-refractivity contribution is 7.17. The maximum Gasteiger partial charge on any atom is 0.262 e. The van der Waals surface area contributed by atoms with E-state index >= 15 is 0 Å². The number of thiophene rings is 1. The number of amides is 2. The molecule has 0 unspecified atom stereocenters. The Morgan fingerprint density at radius 1 is 1.18 bits per heavy atom. The molecule has 7 nitrogen and oxygen atoms in total. The van der Waals surface area contributed by atoms with Gasteiger partial charge in [0.2, 0.25) is 11.8 Å². The molecule has 4 rings (SSSR count). The average molecular weight is 467 g/mol. The summed E-state index contributed by atoms with van der Waals surface area (Å²) in [6.07, 6.45) is 4.07. The number of hydrogen-bond donors (Lipinski definition) is 1. The molecule has 0 aliphatic carbocycles. The summed E-state index contributed by atoms with van der Waals surface area (Å²) in [6, 6.07) is 8.10. The molecule has 2 aromatic heterocycles. The normalized spacial score (nSPS) is 14.5. The third-order valence-electron chi connectivity index (χ3n) is 6.26. The molecular weight excluding hydrogens is 436 g/mol. The van der Waals surface area contributed by atoms with Crippen molar-refractivity contribution in [2.24, 2.45) is 5.92 Å². The Kier molecular flexibility index (Phi) is 7.23. The average Bonchev–Trinajstić information content (AvgIpc) is 3.27. The van der Waals surface area contributed by atoms with E-state index < -0.39 is 0 Å². The van der Waals surface area contributed by atoms with E-state index in [1.54, 1.807) is 0 Å². The minimum Gasteiger partial charge on any atom is -0.356 e. The number of carbonyl (C=O) groups is 2. The minimum atomic E-state index is -0.115. The van der Waals surface area contributed by atoms with Crippen LogP contribution >= 0.6 is 11.3 Å². The van der Waals surface area contributed by atoms with Gasteiger partial charge in [0.1, 0.15) is 4.83 Å². The fourth-order valence-electron chi connectivity index (χ4n) is 4.23. The van der Waals surface area contributed by atoms with Crippen LogP contribution < -0.4 is 10.9 Å². The van der Waals surface area contributed by atoms with Crippen LogP contribution in [0.3, 0.4) is 0 Å². The number of benzene rings is 1. The lowest BCUT2D eigenvalue weighted by atomic mass is 9.95. The number of carbonyl (C=O) groups excluding carboxylic acids is 2. The van der Waals surface area contributed by atoms with Crippen molar-refractivity contribution < 1.29 is 9.59 Å². The van der Waals surface area contributed by atoms with E-state index in [0.29, 0.717) is 49.2 Å².